The van der Waals surface area contributed by atoms with Crippen LogP contribution in [0.25, 0.3) is 21.8 Å². The fraction of sp³-hybridized carbons (Fsp3) is 0.242. The van der Waals surface area contributed by atoms with E-state index in [0.717, 1.165) is 39.8 Å². The van der Waals surface area contributed by atoms with Gasteiger partial charge in [-0.2, -0.15) is 0 Å². The van der Waals surface area contributed by atoms with Crippen LogP contribution < -0.4 is 11.1 Å². The van der Waals surface area contributed by atoms with Gasteiger partial charge in [-0.05, 0) is 61.2 Å². The van der Waals surface area contributed by atoms with Crippen LogP contribution in [0.3, 0.4) is 0 Å². The third-order valence-electron chi connectivity index (χ3n) is 7.77. The highest BCUT2D eigenvalue weighted by Crippen LogP contribution is 2.28. The molecule has 5 N–H and O–H groups in total. The first-order chi connectivity index (χ1) is 20.7. The zero-order valence-electron chi connectivity index (χ0n) is 24.0. The molecule has 0 spiro atoms. The molecular formula is C33H33Cl2N7O. The molecule has 0 fully saturated rings. The van der Waals surface area contributed by atoms with Gasteiger partial charge in [-0.25, -0.2) is 0 Å². The fourth-order valence-electron chi connectivity index (χ4n) is 5.44. The molecule has 220 valence electrons. The number of aromatic nitrogens is 5. The monoisotopic (exact) mass is 613 g/mol. The quantitative estimate of drug-likeness (QED) is 0.141. The normalized spacial score (nSPS) is 12.7. The zero-order valence-corrected chi connectivity index (χ0v) is 25.5. The third kappa shape index (κ3) is 6.18. The smallest absolute Gasteiger partial charge is 0.240 e. The molecular weight excluding hydrogens is 581 g/mol. The highest BCUT2D eigenvalue weighted by Gasteiger charge is 2.30. The van der Waals surface area contributed by atoms with Crippen molar-refractivity contribution in [3.05, 3.63) is 118 Å². The Morgan fingerprint density at radius 3 is 2.23 bits per heavy atom. The summed E-state index contributed by atoms with van der Waals surface area (Å²) in [6.07, 6.45) is 5.93. The lowest BCUT2D eigenvalue weighted by Gasteiger charge is -2.25. The van der Waals surface area contributed by atoms with Gasteiger partial charge in [0.25, 0.3) is 0 Å². The van der Waals surface area contributed by atoms with Gasteiger partial charge < -0.3 is 25.6 Å². The number of benzene rings is 3. The summed E-state index contributed by atoms with van der Waals surface area (Å²) in [5, 5.41) is 15.8. The van der Waals surface area contributed by atoms with Crippen molar-refractivity contribution >= 4 is 50.9 Å². The standard InChI is InChI=1S/C33H33Cl2N7O/c1-33(2,36)32(43)39-29(16-22-18-38-28-10-6-4-8-24(22)28)31-41-40-30(42(31)19-20-11-13-25(34)26(35)15-20)14-12-21-17-37-27-9-5-3-7-23(21)27/h3-11,13,15,17-18,29,37-38H,12,14,16,19,36H2,1-2H3,(H,39,43). The van der Waals surface area contributed by atoms with Gasteiger partial charge in [0.15, 0.2) is 5.82 Å². The molecule has 3 aromatic carbocycles. The molecule has 1 unspecified atom stereocenters. The molecule has 8 nitrogen and oxygen atoms in total. The maximum absolute atomic E-state index is 13.3. The molecule has 0 saturated heterocycles. The van der Waals surface area contributed by atoms with Crippen molar-refractivity contribution in [2.24, 2.45) is 5.73 Å². The number of nitrogens with one attached hydrogen (secondary N) is 3. The van der Waals surface area contributed by atoms with Gasteiger partial charge in [0.05, 0.1) is 28.2 Å². The number of H-pyrrole nitrogens is 2. The van der Waals surface area contributed by atoms with Gasteiger partial charge in [0.1, 0.15) is 5.82 Å². The van der Waals surface area contributed by atoms with E-state index in [4.69, 9.17) is 34.0 Å². The van der Waals surface area contributed by atoms with E-state index in [0.29, 0.717) is 35.3 Å². The second-order valence-electron chi connectivity index (χ2n) is 11.5. The summed E-state index contributed by atoms with van der Waals surface area (Å²) in [4.78, 5) is 20.0. The van der Waals surface area contributed by atoms with Crippen LogP contribution in [0.4, 0.5) is 0 Å². The second kappa shape index (κ2) is 11.9. The lowest BCUT2D eigenvalue weighted by Crippen LogP contribution is -2.50. The highest BCUT2D eigenvalue weighted by atomic mass is 35.5. The first-order valence-corrected chi connectivity index (χ1v) is 15.0. The number of hydrogen-bond donors (Lipinski definition) is 4. The van der Waals surface area contributed by atoms with Gasteiger partial charge >= 0.3 is 0 Å². The Morgan fingerprint density at radius 1 is 0.907 bits per heavy atom. The molecule has 3 heterocycles. The summed E-state index contributed by atoms with van der Waals surface area (Å²) in [6, 6.07) is 21.4. The van der Waals surface area contributed by atoms with Gasteiger partial charge in [-0.3, -0.25) is 4.79 Å². The number of aromatic amines is 2. The number of para-hydroxylation sites is 2. The van der Waals surface area contributed by atoms with Gasteiger partial charge in [-0.1, -0.05) is 65.7 Å². The number of amides is 1. The number of fused-ring (bicyclic) bond motifs is 2. The lowest BCUT2D eigenvalue weighted by atomic mass is 10.0. The first-order valence-electron chi connectivity index (χ1n) is 14.2. The van der Waals surface area contributed by atoms with Crippen LogP contribution in [-0.2, 0) is 30.6 Å². The third-order valence-corrected chi connectivity index (χ3v) is 8.51. The summed E-state index contributed by atoms with van der Waals surface area (Å²) >= 11 is 12.6. The second-order valence-corrected chi connectivity index (χ2v) is 12.3. The molecule has 0 saturated carbocycles. The van der Waals surface area contributed by atoms with Crippen molar-refractivity contribution in [2.75, 3.05) is 0 Å². The Hall–Kier alpha value is -4.11. The summed E-state index contributed by atoms with van der Waals surface area (Å²) in [5.74, 6) is 1.17. The average Bonchev–Trinajstić information content (AvgIpc) is 3.70. The molecule has 43 heavy (non-hydrogen) atoms. The number of carbonyl (C=O) groups is 1. The Balaban J connectivity index is 1.40. The van der Waals surface area contributed by atoms with Crippen LogP contribution in [0.1, 0.15) is 48.2 Å². The number of aryl methyl sites for hydroxylation is 2. The first kappa shape index (κ1) is 29.0. The molecule has 0 radical (unpaired) electrons. The SMILES string of the molecule is CC(C)(N)C(=O)NC(Cc1c[nH]c2ccccc12)c1nnc(CCc2c[nH]c3ccccc23)n1Cc1ccc(Cl)c(Cl)c1. The predicted octanol–water partition coefficient (Wildman–Crippen LogP) is 6.52. The van der Waals surface area contributed by atoms with Crippen molar-refractivity contribution in [2.45, 2.75) is 51.2 Å². The van der Waals surface area contributed by atoms with Crippen LogP contribution in [0, 0.1) is 0 Å². The highest BCUT2D eigenvalue weighted by molar-refractivity contribution is 6.42. The van der Waals surface area contributed by atoms with E-state index >= 15 is 0 Å². The maximum Gasteiger partial charge on any atom is 0.240 e. The minimum atomic E-state index is -1.08. The van der Waals surface area contributed by atoms with Crippen molar-refractivity contribution in [3.63, 3.8) is 0 Å². The van der Waals surface area contributed by atoms with E-state index in [9.17, 15) is 4.79 Å². The molecule has 6 aromatic rings. The Morgan fingerprint density at radius 2 is 1.56 bits per heavy atom. The number of carbonyl (C=O) groups excluding carboxylic acids is 1. The number of nitrogens with zero attached hydrogens (tertiary/aromatic N) is 3. The van der Waals surface area contributed by atoms with E-state index < -0.39 is 11.6 Å². The van der Waals surface area contributed by atoms with Crippen LogP contribution in [0.15, 0.2) is 79.1 Å². The fourth-order valence-corrected chi connectivity index (χ4v) is 5.76. The maximum atomic E-state index is 13.3. The molecule has 6 rings (SSSR count). The summed E-state index contributed by atoms with van der Waals surface area (Å²) < 4.78 is 2.08. The minimum absolute atomic E-state index is 0.276. The van der Waals surface area contributed by atoms with Crippen molar-refractivity contribution in [1.29, 1.82) is 0 Å². The van der Waals surface area contributed by atoms with Crippen LogP contribution in [0.2, 0.25) is 10.0 Å². The largest absolute Gasteiger partial charge is 0.361 e. The summed E-state index contributed by atoms with van der Waals surface area (Å²) in [5.41, 5.74) is 10.5. The molecule has 1 atom stereocenters. The number of nitrogens with two attached hydrogens (primary N) is 1. The molecule has 0 aliphatic rings. The lowest BCUT2D eigenvalue weighted by molar-refractivity contribution is -0.126. The molecule has 3 aromatic heterocycles. The topological polar surface area (TPSA) is 117 Å². The van der Waals surface area contributed by atoms with Gasteiger partial charge in [0.2, 0.25) is 5.91 Å². The molecule has 0 aliphatic heterocycles. The Labute approximate surface area is 259 Å². The van der Waals surface area contributed by atoms with Crippen molar-refractivity contribution in [3.8, 4) is 0 Å². The average molecular weight is 615 g/mol. The zero-order chi connectivity index (χ0) is 30.1. The summed E-state index contributed by atoms with van der Waals surface area (Å²) in [7, 11) is 0. The van der Waals surface area contributed by atoms with Crippen LogP contribution in [0.5, 0.6) is 0 Å². The van der Waals surface area contributed by atoms with E-state index in [-0.39, 0.29) is 5.91 Å². The molecule has 0 aliphatic carbocycles. The number of hydrogen-bond acceptors (Lipinski definition) is 4. The van der Waals surface area contributed by atoms with Crippen LogP contribution >= 0.6 is 23.2 Å². The molecule has 10 heteroatoms. The molecule has 1 amide bonds. The Kier molecular flexibility index (Phi) is 8.01. The summed E-state index contributed by atoms with van der Waals surface area (Å²) in [6.45, 7) is 3.84. The van der Waals surface area contributed by atoms with E-state index in [2.05, 4.69) is 49.3 Å². The van der Waals surface area contributed by atoms with E-state index in [1.807, 2.05) is 48.7 Å². The van der Waals surface area contributed by atoms with E-state index in [1.54, 1.807) is 19.9 Å². The molecule has 0 bridgehead atoms. The van der Waals surface area contributed by atoms with Crippen molar-refractivity contribution in [1.82, 2.24) is 30.0 Å². The van der Waals surface area contributed by atoms with E-state index in [1.165, 1.54) is 10.9 Å². The number of halogens is 2. The van der Waals surface area contributed by atoms with Gasteiger partial charge in [0, 0.05) is 47.0 Å². The number of rotatable bonds is 10. The van der Waals surface area contributed by atoms with Gasteiger partial charge in [-0.15, -0.1) is 10.2 Å². The van der Waals surface area contributed by atoms with Crippen molar-refractivity contribution < 1.29 is 4.79 Å². The predicted molar refractivity (Wildman–Crippen MR) is 172 cm³/mol. The Bertz CT molecular complexity index is 1910. The van der Waals surface area contributed by atoms with Crippen LogP contribution in [-0.4, -0.2) is 36.2 Å². The minimum Gasteiger partial charge on any atom is -0.361 e.